The Morgan fingerprint density at radius 2 is 2.14 bits per heavy atom. The first-order valence-corrected chi connectivity index (χ1v) is 10.6. The van der Waals surface area contributed by atoms with Gasteiger partial charge in [0.1, 0.15) is 0 Å². The van der Waals surface area contributed by atoms with Crippen molar-refractivity contribution >= 4 is 49.5 Å². The molecule has 0 saturated carbocycles. The van der Waals surface area contributed by atoms with Crippen molar-refractivity contribution in [3.05, 3.63) is 43.7 Å². The summed E-state index contributed by atoms with van der Waals surface area (Å²) in [6, 6.07) is 9.61. The average Bonchev–Trinajstić information content (AvgIpc) is 2.80. The maximum atomic E-state index is 11.7. The molecular weight excluding hydrogens is 417 g/mol. The van der Waals surface area contributed by atoms with Gasteiger partial charge in [-0.2, -0.15) is 0 Å². The van der Waals surface area contributed by atoms with E-state index in [1.54, 1.807) is 18.2 Å². The van der Waals surface area contributed by atoms with Gasteiger partial charge in [0, 0.05) is 16.8 Å². The monoisotopic (exact) mass is 433 g/mol. The van der Waals surface area contributed by atoms with E-state index in [4.69, 9.17) is 0 Å². The van der Waals surface area contributed by atoms with Gasteiger partial charge >= 0.3 is 0 Å². The molecule has 1 unspecified atom stereocenters. The Bertz CT molecular complexity index is 768. The quantitative estimate of drug-likeness (QED) is 0.737. The smallest absolute Gasteiger partial charge is 0.175 e. The molecule has 0 spiro atoms. The van der Waals surface area contributed by atoms with Gasteiger partial charge < -0.3 is 5.32 Å². The molecule has 0 fully saturated rings. The fourth-order valence-corrected chi connectivity index (χ4v) is 5.48. The summed E-state index contributed by atoms with van der Waals surface area (Å²) in [6.45, 7) is 0. The Hall–Kier alpha value is -0.600. The molecule has 2 aromatic rings. The van der Waals surface area contributed by atoms with Crippen molar-refractivity contribution in [2.45, 2.75) is 30.2 Å². The minimum absolute atomic E-state index is 0.281. The van der Waals surface area contributed by atoms with Gasteiger partial charge in [0.2, 0.25) is 0 Å². The zero-order valence-corrected chi connectivity index (χ0v) is 15.4. The van der Waals surface area contributed by atoms with E-state index in [9.17, 15) is 8.42 Å². The van der Waals surface area contributed by atoms with Crippen molar-refractivity contribution in [3.8, 4) is 0 Å². The number of nitrogens with one attached hydrogen (secondary N) is 1. The van der Waals surface area contributed by atoms with Crippen LogP contribution in [0.5, 0.6) is 0 Å². The molecule has 0 aliphatic heterocycles. The van der Waals surface area contributed by atoms with Gasteiger partial charge in [0.15, 0.2) is 9.84 Å². The van der Waals surface area contributed by atoms with Crippen LogP contribution in [-0.4, -0.2) is 14.7 Å². The summed E-state index contributed by atoms with van der Waals surface area (Å²) in [4.78, 5) is 1.82. The second-order valence-electron chi connectivity index (χ2n) is 5.32. The third-order valence-corrected chi connectivity index (χ3v) is 6.77. The maximum Gasteiger partial charge on any atom is 0.175 e. The maximum absolute atomic E-state index is 11.7. The summed E-state index contributed by atoms with van der Waals surface area (Å²) in [7, 11) is -3.16. The lowest BCUT2D eigenvalue weighted by molar-refractivity contribution is 0.601. The summed E-state index contributed by atoms with van der Waals surface area (Å²) in [5, 5.41) is 3.50. The van der Waals surface area contributed by atoms with E-state index < -0.39 is 9.84 Å². The summed E-state index contributed by atoms with van der Waals surface area (Å²) < 4.78 is 24.6. The summed E-state index contributed by atoms with van der Waals surface area (Å²) in [5.41, 5.74) is 2.25. The van der Waals surface area contributed by atoms with Crippen LogP contribution in [0.25, 0.3) is 0 Å². The van der Waals surface area contributed by atoms with Crippen molar-refractivity contribution in [1.29, 1.82) is 0 Å². The average molecular weight is 433 g/mol. The molecule has 1 aliphatic rings. The minimum atomic E-state index is -3.16. The molecule has 3 nitrogen and oxygen atoms in total. The molecule has 1 N–H and O–H groups in total. The largest absolute Gasteiger partial charge is 0.378 e. The number of hydrogen-bond acceptors (Lipinski definition) is 4. The van der Waals surface area contributed by atoms with Gasteiger partial charge in [-0.3, -0.25) is 0 Å². The molecule has 1 atom stereocenters. The van der Waals surface area contributed by atoms with Gasteiger partial charge in [-0.25, -0.2) is 8.42 Å². The molecule has 0 amide bonds. The van der Waals surface area contributed by atoms with Crippen LogP contribution in [0.3, 0.4) is 0 Å². The second-order valence-corrected chi connectivity index (χ2v) is 10.4. The molecule has 0 bridgehead atoms. The minimum Gasteiger partial charge on any atom is -0.378 e. The first-order chi connectivity index (χ1) is 9.93. The van der Waals surface area contributed by atoms with Crippen LogP contribution in [0.4, 0.5) is 5.69 Å². The van der Waals surface area contributed by atoms with Crippen LogP contribution < -0.4 is 5.32 Å². The highest BCUT2D eigenvalue weighted by Crippen LogP contribution is 2.38. The van der Waals surface area contributed by atoms with Gasteiger partial charge in [-0.1, -0.05) is 6.07 Å². The topological polar surface area (TPSA) is 46.2 Å². The Labute approximate surface area is 142 Å². The van der Waals surface area contributed by atoms with Gasteiger partial charge in [0.25, 0.3) is 0 Å². The van der Waals surface area contributed by atoms with Crippen LogP contribution in [-0.2, 0) is 16.3 Å². The lowest BCUT2D eigenvalue weighted by Crippen LogP contribution is -2.15. The molecule has 0 radical (unpaired) electrons. The number of benzene rings is 1. The van der Waals surface area contributed by atoms with Crippen LogP contribution in [0, 0.1) is 2.88 Å². The fourth-order valence-electron chi connectivity index (χ4n) is 2.69. The third kappa shape index (κ3) is 3.43. The first-order valence-electron chi connectivity index (χ1n) is 6.78. The molecule has 1 heterocycles. The predicted molar refractivity (Wildman–Crippen MR) is 95.9 cm³/mol. The van der Waals surface area contributed by atoms with Crippen LogP contribution >= 0.6 is 33.9 Å². The molecule has 21 heavy (non-hydrogen) atoms. The summed E-state index contributed by atoms with van der Waals surface area (Å²) in [5.74, 6) is 0. The van der Waals surface area contributed by atoms with Gasteiger partial charge in [0.05, 0.1) is 13.8 Å². The second kappa shape index (κ2) is 5.89. The number of rotatable bonds is 3. The Morgan fingerprint density at radius 3 is 2.90 bits per heavy atom. The molecular formula is C15H16INO2S2. The van der Waals surface area contributed by atoms with Crippen LogP contribution in [0.2, 0.25) is 0 Å². The number of sulfone groups is 1. The SMILES string of the molecule is CS(=O)(=O)c1cccc(NC2CCCc3sc(I)cc32)c1. The summed E-state index contributed by atoms with van der Waals surface area (Å²) >= 11 is 4.23. The van der Waals surface area contributed by atoms with E-state index in [1.165, 1.54) is 26.0 Å². The van der Waals surface area contributed by atoms with Crippen LogP contribution in [0.15, 0.2) is 35.2 Å². The molecule has 1 aliphatic carbocycles. The lowest BCUT2D eigenvalue weighted by atomic mass is 9.94. The molecule has 6 heteroatoms. The zero-order chi connectivity index (χ0) is 15.0. The number of aryl methyl sites for hydroxylation is 1. The predicted octanol–water partition coefficient (Wildman–Crippen LogP) is 4.25. The molecule has 1 aromatic carbocycles. The van der Waals surface area contributed by atoms with E-state index >= 15 is 0 Å². The fraction of sp³-hybridized carbons (Fsp3) is 0.333. The molecule has 112 valence electrons. The van der Waals surface area contributed by atoms with Crippen molar-refractivity contribution in [2.75, 3.05) is 11.6 Å². The highest BCUT2D eigenvalue weighted by molar-refractivity contribution is 14.1. The van der Waals surface area contributed by atoms with E-state index in [0.717, 1.165) is 18.5 Å². The summed E-state index contributed by atoms with van der Waals surface area (Å²) in [6.07, 6.45) is 4.66. The number of anilines is 1. The molecule has 3 rings (SSSR count). The Morgan fingerprint density at radius 1 is 1.33 bits per heavy atom. The van der Waals surface area contributed by atoms with E-state index in [2.05, 4.69) is 34.0 Å². The van der Waals surface area contributed by atoms with E-state index in [1.807, 2.05) is 17.4 Å². The van der Waals surface area contributed by atoms with E-state index in [0.29, 0.717) is 4.90 Å². The van der Waals surface area contributed by atoms with Gasteiger partial charge in [-0.05, 0) is 71.7 Å². The Kier molecular flexibility index (Phi) is 4.29. The third-order valence-electron chi connectivity index (χ3n) is 3.69. The van der Waals surface area contributed by atoms with Crippen molar-refractivity contribution in [2.24, 2.45) is 0 Å². The highest BCUT2D eigenvalue weighted by atomic mass is 127. The van der Waals surface area contributed by atoms with Crippen molar-refractivity contribution in [1.82, 2.24) is 0 Å². The zero-order valence-electron chi connectivity index (χ0n) is 11.6. The first kappa shape index (κ1) is 15.3. The van der Waals surface area contributed by atoms with Crippen LogP contribution in [0.1, 0.15) is 29.3 Å². The normalized spacial score (nSPS) is 18.3. The number of hydrogen-bond donors (Lipinski definition) is 1. The molecule has 0 saturated heterocycles. The number of fused-ring (bicyclic) bond motifs is 1. The Balaban J connectivity index is 1.88. The van der Waals surface area contributed by atoms with Gasteiger partial charge in [-0.15, -0.1) is 11.3 Å². The number of thiophene rings is 1. The highest BCUT2D eigenvalue weighted by Gasteiger charge is 2.22. The standard InChI is InChI=1S/C15H16INO2S2/c1-21(18,19)11-5-2-4-10(8-11)17-13-6-3-7-14-12(13)9-15(16)20-14/h2,4-5,8-9,13,17H,3,6-7H2,1H3. The number of halogens is 1. The van der Waals surface area contributed by atoms with Crippen molar-refractivity contribution < 1.29 is 8.42 Å². The molecule has 1 aromatic heterocycles. The van der Waals surface area contributed by atoms with Crippen molar-refractivity contribution in [3.63, 3.8) is 0 Å². The van der Waals surface area contributed by atoms with E-state index in [-0.39, 0.29) is 6.04 Å². The lowest BCUT2D eigenvalue weighted by Gasteiger charge is -2.24.